The third-order valence-corrected chi connectivity index (χ3v) is 4.57. The van der Waals surface area contributed by atoms with Crippen LogP contribution in [-0.4, -0.2) is 17.0 Å². The summed E-state index contributed by atoms with van der Waals surface area (Å²) in [5, 5.41) is 8.51. The molecule has 0 saturated carbocycles. The molecule has 0 radical (unpaired) electrons. The van der Waals surface area contributed by atoms with Crippen LogP contribution in [-0.2, 0) is 17.1 Å². The van der Waals surface area contributed by atoms with E-state index in [1.54, 1.807) is 17.3 Å². The van der Waals surface area contributed by atoms with Crippen molar-refractivity contribution >= 4 is 34.7 Å². The Morgan fingerprint density at radius 3 is 3.22 bits per heavy atom. The second kappa shape index (κ2) is 5.44. The molecule has 0 atom stereocenters. The first-order valence-electron chi connectivity index (χ1n) is 5.24. The molecule has 7 heteroatoms. The number of rotatable bonds is 3. The van der Waals surface area contributed by atoms with Crippen molar-refractivity contribution in [3.8, 4) is 5.75 Å². The van der Waals surface area contributed by atoms with E-state index >= 15 is 0 Å². The average molecular weight is 301 g/mol. The molecule has 0 aliphatic carbocycles. The Kier molecular flexibility index (Phi) is 3.69. The normalized spacial score (nSPS) is 14.1. The van der Waals surface area contributed by atoms with Gasteiger partial charge in [0.2, 0.25) is 0 Å². The van der Waals surface area contributed by atoms with E-state index in [0.717, 1.165) is 27.0 Å². The van der Waals surface area contributed by atoms with Crippen LogP contribution in [0.1, 0.15) is 11.1 Å². The molecular weight excluding hydrogens is 292 g/mol. The zero-order chi connectivity index (χ0) is 12.4. The van der Waals surface area contributed by atoms with Crippen LogP contribution >= 0.6 is 34.7 Å². The van der Waals surface area contributed by atoms with Gasteiger partial charge in [-0.3, -0.25) is 0 Å². The number of benzene rings is 1. The molecule has 1 aromatic carbocycles. The van der Waals surface area contributed by atoms with E-state index in [2.05, 4.69) is 10.2 Å². The number of aromatic nitrogens is 2. The number of hydrogen-bond acceptors (Lipinski definition) is 6. The molecular formula is C11H9ClN2O2S2. The highest BCUT2D eigenvalue weighted by Gasteiger charge is 2.16. The van der Waals surface area contributed by atoms with Crippen molar-refractivity contribution in [3.63, 3.8) is 0 Å². The third kappa shape index (κ3) is 2.61. The number of nitrogens with zero attached hydrogens (tertiary/aromatic N) is 2. The third-order valence-electron chi connectivity index (χ3n) is 2.44. The number of halogens is 1. The predicted molar refractivity (Wildman–Crippen MR) is 71.2 cm³/mol. The quantitative estimate of drug-likeness (QED) is 0.813. The summed E-state index contributed by atoms with van der Waals surface area (Å²) in [6, 6.07) is 3.81. The van der Waals surface area contributed by atoms with E-state index in [1.165, 1.54) is 11.3 Å². The van der Waals surface area contributed by atoms with Gasteiger partial charge in [0, 0.05) is 21.9 Å². The number of hydrogen-bond donors (Lipinski definition) is 0. The summed E-state index contributed by atoms with van der Waals surface area (Å²) in [7, 11) is 0. The summed E-state index contributed by atoms with van der Waals surface area (Å²) in [6.45, 7) is 0.845. The molecule has 4 nitrogen and oxygen atoms in total. The number of thioether (sulfide) groups is 1. The Balaban J connectivity index is 1.84. The van der Waals surface area contributed by atoms with E-state index in [4.69, 9.17) is 21.1 Å². The SMILES string of the molecule is Clc1cc2c(c(CSc3nncs3)c1)OCOC2. The maximum Gasteiger partial charge on any atom is 0.189 e. The first-order valence-corrected chi connectivity index (χ1v) is 7.48. The lowest BCUT2D eigenvalue weighted by Gasteiger charge is -2.20. The maximum absolute atomic E-state index is 6.10. The van der Waals surface area contributed by atoms with Gasteiger partial charge >= 0.3 is 0 Å². The van der Waals surface area contributed by atoms with E-state index in [9.17, 15) is 0 Å². The molecule has 18 heavy (non-hydrogen) atoms. The van der Waals surface area contributed by atoms with Crippen molar-refractivity contribution in [1.29, 1.82) is 0 Å². The van der Waals surface area contributed by atoms with Crippen molar-refractivity contribution in [2.45, 2.75) is 16.7 Å². The molecule has 0 saturated heterocycles. The van der Waals surface area contributed by atoms with E-state index in [-0.39, 0.29) is 0 Å². The summed E-state index contributed by atoms with van der Waals surface area (Å²) < 4.78 is 11.7. The monoisotopic (exact) mass is 300 g/mol. The van der Waals surface area contributed by atoms with Crippen LogP contribution < -0.4 is 4.74 Å². The minimum absolute atomic E-state index is 0.297. The van der Waals surface area contributed by atoms with Gasteiger partial charge in [-0.1, -0.05) is 34.7 Å². The van der Waals surface area contributed by atoms with Gasteiger partial charge in [-0.2, -0.15) is 0 Å². The van der Waals surface area contributed by atoms with Crippen LogP contribution in [0.5, 0.6) is 5.75 Å². The molecule has 3 rings (SSSR count). The second-order valence-corrected chi connectivity index (χ2v) is 6.15. The van der Waals surface area contributed by atoms with Gasteiger partial charge in [0.15, 0.2) is 11.1 Å². The standard InChI is InChI=1S/C11H9ClN2O2S2/c12-9-1-7-3-15-6-16-10(7)8(2-9)4-17-11-14-13-5-18-11/h1-2,5H,3-4,6H2. The molecule has 2 aromatic rings. The lowest BCUT2D eigenvalue weighted by atomic mass is 10.1. The van der Waals surface area contributed by atoms with Gasteiger partial charge in [0.25, 0.3) is 0 Å². The zero-order valence-corrected chi connectivity index (χ0v) is 11.6. The van der Waals surface area contributed by atoms with Gasteiger partial charge in [0.05, 0.1) is 6.61 Å². The van der Waals surface area contributed by atoms with Crippen molar-refractivity contribution in [2.24, 2.45) is 0 Å². The van der Waals surface area contributed by atoms with Gasteiger partial charge in [-0.15, -0.1) is 10.2 Å². The molecule has 1 aliphatic heterocycles. The lowest BCUT2D eigenvalue weighted by Crippen LogP contribution is -2.12. The fourth-order valence-electron chi connectivity index (χ4n) is 1.73. The molecule has 1 aromatic heterocycles. The van der Waals surface area contributed by atoms with E-state index < -0.39 is 0 Å². The summed E-state index contributed by atoms with van der Waals surface area (Å²) >= 11 is 9.25. The van der Waals surface area contributed by atoms with Gasteiger partial charge in [-0.05, 0) is 12.1 Å². The summed E-state index contributed by atoms with van der Waals surface area (Å²) in [4.78, 5) is 0. The minimum Gasteiger partial charge on any atom is -0.467 e. The second-order valence-electron chi connectivity index (χ2n) is 3.66. The highest BCUT2D eigenvalue weighted by atomic mass is 35.5. The first kappa shape index (κ1) is 12.2. The molecule has 0 N–H and O–H groups in total. The molecule has 0 bridgehead atoms. The van der Waals surface area contributed by atoms with Crippen molar-refractivity contribution in [1.82, 2.24) is 10.2 Å². The highest BCUT2D eigenvalue weighted by Crippen LogP contribution is 2.35. The number of ether oxygens (including phenoxy) is 2. The summed E-state index contributed by atoms with van der Waals surface area (Å²) in [5.74, 6) is 1.65. The fraction of sp³-hybridized carbons (Fsp3) is 0.273. The Hall–Kier alpha value is -0.820. The highest BCUT2D eigenvalue weighted by molar-refractivity contribution is 8.00. The molecule has 94 valence electrons. The summed E-state index contributed by atoms with van der Waals surface area (Å²) in [6.07, 6.45) is 0. The maximum atomic E-state index is 6.10. The van der Waals surface area contributed by atoms with Crippen LogP contribution in [0.3, 0.4) is 0 Å². The minimum atomic E-state index is 0.297. The Labute approximate surface area is 117 Å². The first-order chi connectivity index (χ1) is 8.83. The molecule has 0 amide bonds. The van der Waals surface area contributed by atoms with Crippen molar-refractivity contribution in [2.75, 3.05) is 6.79 Å². The molecule has 0 spiro atoms. The predicted octanol–water partition coefficient (Wildman–Crippen LogP) is 3.35. The van der Waals surface area contributed by atoms with Crippen LogP contribution in [0.25, 0.3) is 0 Å². The van der Waals surface area contributed by atoms with Crippen LogP contribution in [0.15, 0.2) is 22.0 Å². The van der Waals surface area contributed by atoms with E-state index in [1.807, 2.05) is 12.1 Å². The molecule has 0 unspecified atom stereocenters. The van der Waals surface area contributed by atoms with Crippen molar-refractivity contribution < 1.29 is 9.47 Å². The topological polar surface area (TPSA) is 44.2 Å². The largest absolute Gasteiger partial charge is 0.467 e. The van der Waals surface area contributed by atoms with Gasteiger partial charge in [-0.25, -0.2) is 0 Å². The molecule has 2 heterocycles. The van der Waals surface area contributed by atoms with Crippen LogP contribution in [0, 0.1) is 0 Å². The van der Waals surface area contributed by atoms with Gasteiger partial charge in [0.1, 0.15) is 11.3 Å². The van der Waals surface area contributed by atoms with Crippen molar-refractivity contribution in [3.05, 3.63) is 33.8 Å². The smallest absolute Gasteiger partial charge is 0.189 e. The Morgan fingerprint density at radius 2 is 2.39 bits per heavy atom. The van der Waals surface area contributed by atoms with Gasteiger partial charge < -0.3 is 9.47 Å². The zero-order valence-electron chi connectivity index (χ0n) is 9.26. The Bertz CT molecular complexity index is 548. The summed E-state index contributed by atoms with van der Waals surface area (Å²) in [5.41, 5.74) is 3.79. The van der Waals surface area contributed by atoms with E-state index in [0.29, 0.717) is 18.4 Å². The molecule has 1 aliphatic rings. The van der Waals surface area contributed by atoms with Crippen LogP contribution in [0.2, 0.25) is 5.02 Å². The number of fused-ring (bicyclic) bond motifs is 1. The molecule has 0 fully saturated rings. The van der Waals surface area contributed by atoms with Crippen LogP contribution in [0.4, 0.5) is 0 Å². The Morgan fingerprint density at radius 1 is 1.44 bits per heavy atom. The fourth-order valence-corrected chi connectivity index (χ4v) is 3.45. The lowest BCUT2D eigenvalue weighted by molar-refractivity contribution is -0.0168. The average Bonchev–Trinajstić information content (AvgIpc) is 2.89.